The van der Waals surface area contributed by atoms with Crippen LogP contribution in [0.4, 0.5) is 0 Å². The Morgan fingerprint density at radius 3 is 2.76 bits per heavy atom. The fourth-order valence-electron chi connectivity index (χ4n) is 1.74. The Balaban J connectivity index is 2.18. The minimum absolute atomic E-state index is 0.0716. The van der Waals surface area contributed by atoms with E-state index in [0.29, 0.717) is 5.75 Å². The monoisotopic (exact) mass is 369 g/mol. The van der Waals surface area contributed by atoms with Crippen molar-refractivity contribution in [1.82, 2.24) is 9.91 Å². The molecule has 21 heavy (non-hydrogen) atoms. The number of halogens is 1. The van der Waals surface area contributed by atoms with Crippen LogP contribution in [-0.2, 0) is 9.59 Å². The van der Waals surface area contributed by atoms with E-state index in [2.05, 4.69) is 21.0 Å². The molecule has 2 rings (SSSR count). The highest BCUT2D eigenvalue weighted by Crippen LogP contribution is 2.25. The first-order chi connectivity index (χ1) is 9.93. The first-order valence-electron chi connectivity index (χ1n) is 5.96. The first kappa shape index (κ1) is 15.6. The van der Waals surface area contributed by atoms with Crippen LogP contribution in [-0.4, -0.2) is 46.7 Å². The Labute approximate surface area is 135 Å². The molecule has 1 fully saturated rings. The number of hydrogen-bond donors (Lipinski definition) is 0. The van der Waals surface area contributed by atoms with Crippen molar-refractivity contribution in [3.63, 3.8) is 0 Å². The SMILES string of the molecule is COc1ccc(/C=N/N2C(=O)CN(C(C)=O)C2=S)cc1Br. The normalized spacial score (nSPS) is 15.2. The number of carbonyl (C=O) groups excluding carboxylic acids is 2. The van der Waals surface area contributed by atoms with Crippen molar-refractivity contribution in [2.45, 2.75) is 6.92 Å². The minimum atomic E-state index is -0.334. The van der Waals surface area contributed by atoms with E-state index in [-0.39, 0.29) is 23.5 Å². The van der Waals surface area contributed by atoms with Gasteiger partial charge in [-0.3, -0.25) is 14.5 Å². The zero-order valence-electron chi connectivity index (χ0n) is 11.4. The predicted molar refractivity (Wildman–Crippen MR) is 85.1 cm³/mol. The molecule has 1 aliphatic heterocycles. The molecule has 0 bridgehead atoms. The third-order valence-corrected chi connectivity index (χ3v) is 3.83. The lowest BCUT2D eigenvalue weighted by Crippen LogP contribution is -2.32. The second kappa shape index (κ2) is 6.31. The van der Waals surface area contributed by atoms with E-state index in [9.17, 15) is 9.59 Å². The highest BCUT2D eigenvalue weighted by molar-refractivity contribution is 9.10. The molecule has 6 nitrogen and oxygen atoms in total. The van der Waals surface area contributed by atoms with Crippen molar-refractivity contribution in [1.29, 1.82) is 0 Å². The summed E-state index contributed by atoms with van der Waals surface area (Å²) >= 11 is 8.43. The van der Waals surface area contributed by atoms with Crippen molar-refractivity contribution < 1.29 is 14.3 Å². The number of ether oxygens (including phenoxy) is 1. The van der Waals surface area contributed by atoms with Gasteiger partial charge in [-0.25, -0.2) is 0 Å². The number of hydrazone groups is 1. The van der Waals surface area contributed by atoms with Crippen molar-refractivity contribution in [3.8, 4) is 5.75 Å². The topological polar surface area (TPSA) is 62.2 Å². The molecule has 2 amide bonds. The summed E-state index contributed by atoms with van der Waals surface area (Å²) in [6.45, 7) is 1.28. The summed E-state index contributed by atoms with van der Waals surface area (Å²) in [5, 5.41) is 5.19. The van der Waals surface area contributed by atoms with Crippen molar-refractivity contribution in [2.24, 2.45) is 5.10 Å². The van der Waals surface area contributed by atoms with Crippen LogP contribution in [0.15, 0.2) is 27.8 Å². The third-order valence-electron chi connectivity index (χ3n) is 2.82. The number of amides is 2. The van der Waals surface area contributed by atoms with Gasteiger partial charge in [-0.15, -0.1) is 0 Å². The van der Waals surface area contributed by atoms with Gasteiger partial charge in [-0.2, -0.15) is 10.1 Å². The molecule has 0 spiro atoms. The summed E-state index contributed by atoms with van der Waals surface area (Å²) < 4.78 is 5.90. The smallest absolute Gasteiger partial charge is 0.269 e. The summed E-state index contributed by atoms with van der Waals surface area (Å²) in [7, 11) is 1.57. The van der Waals surface area contributed by atoms with Gasteiger partial charge in [-0.1, -0.05) is 0 Å². The largest absolute Gasteiger partial charge is 0.496 e. The van der Waals surface area contributed by atoms with Crippen LogP contribution in [0.2, 0.25) is 0 Å². The Hall–Kier alpha value is -1.80. The number of thiocarbonyl (C=S) groups is 1. The second-order valence-corrected chi connectivity index (χ2v) is 5.45. The molecule has 1 aromatic carbocycles. The molecule has 1 aliphatic rings. The number of nitrogens with zero attached hydrogens (tertiary/aromatic N) is 3. The number of carbonyl (C=O) groups is 2. The van der Waals surface area contributed by atoms with Gasteiger partial charge in [0.1, 0.15) is 12.3 Å². The average molecular weight is 370 g/mol. The summed E-state index contributed by atoms with van der Waals surface area (Å²) in [5.41, 5.74) is 0.763. The molecule has 110 valence electrons. The Kier molecular flexibility index (Phi) is 4.69. The number of methoxy groups -OCH3 is 1. The Morgan fingerprint density at radius 2 is 2.24 bits per heavy atom. The molecule has 1 heterocycles. The zero-order chi connectivity index (χ0) is 15.6. The third kappa shape index (κ3) is 3.27. The van der Waals surface area contributed by atoms with Crippen LogP contribution in [0.1, 0.15) is 12.5 Å². The Bertz CT molecular complexity index is 648. The maximum absolute atomic E-state index is 11.8. The molecule has 0 saturated carbocycles. The first-order valence-corrected chi connectivity index (χ1v) is 7.16. The Morgan fingerprint density at radius 1 is 1.52 bits per heavy atom. The molecule has 8 heteroatoms. The number of benzene rings is 1. The van der Waals surface area contributed by atoms with E-state index < -0.39 is 0 Å². The van der Waals surface area contributed by atoms with Gasteiger partial charge < -0.3 is 4.74 Å². The van der Waals surface area contributed by atoms with E-state index >= 15 is 0 Å². The van der Waals surface area contributed by atoms with E-state index in [4.69, 9.17) is 17.0 Å². The maximum Gasteiger partial charge on any atom is 0.269 e. The van der Waals surface area contributed by atoms with Crippen LogP contribution in [0, 0.1) is 0 Å². The van der Waals surface area contributed by atoms with Crippen LogP contribution in [0.3, 0.4) is 0 Å². The highest BCUT2D eigenvalue weighted by atomic mass is 79.9. The molecular formula is C13H12BrN3O3S. The summed E-state index contributed by atoms with van der Waals surface area (Å²) in [4.78, 5) is 24.3. The van der Waals surface area contributed by atoms with Crippen LogP contribution in [0.5, 0.6) is 5.75 Å². The molecular weight excluding hydrogens is 358 g/mol. The molecule has 1 aromatic rings. The van der Waals surface area contributed by atoms with Crippen molar-refractivity contribution in [2.75, 3.05) is 13.7 Å². The lowest BCUT2D eigenvalue weighted by Gasteiger charge is -2.12. The molecule has 0 radical (unpaired) electrons. The molecule has 0 unspecified atom stereocenters. The fraction of sp³-hybridized carbons (Fsp3) is 0.231. The minimum Gasteiger partial charge on any atom is -0.496 e. The average Bonchev–Trinajstić information content (AvgIpc) is 2.72. The van der Waals surface area contributed by atoms with Gasteiger partial charge in [0.15, 0.2) is 0 Å². The number of rotatable bonds is 3. The quantitative estimate of drug-likeness (QED) is 0.601. The molecule has 0 N–H and O–H groups in total. The maximum atomic E-state index is 11.8. The molecule has 0 aliphatic carbocycles. The predicted octanol–water partition coefficient (Wildman–Crippen LogP) is 1.77. The van der Waals surface area contributed by atoms with Crippen LogP contribution >= 0.6 is 28.1 Å². The van der Waals surface area contributed by atoms with Crippen molar-refractivity contribution in [3.05, 3.63) is 28.2 Å². The van der Waals surface area contributed by atoms with Crippen LogP contribution < -0.4 is 4.74 Å². The highest BCUT2D eigenvalue weighted by Gasteiger charge is 2.34. The van der Waals surface area contributed by atoms with E-state index in [1.165, 1.54) is 18.0 Å². The van der Waals surface area contributed by atoms with Gasteiger partial charge in [0.25, 0.3) is 5.91 Å². The van der Waals surface area contributed by atoms with Gasteiger partial charge in [-0.05, 0) is 51.9 Å². The number of hydrogen-bond acceptors (Lipinski definition) is 5. The van der Waals surface area contributed by atoms with Gasteiger partial charge in [0.05, 0.1) is 17.8 Å². The second-order valence-electron chi connectivity index (χ2n) is 4.23. The van der Waals surface area contributed by atoms with Crippen molar-refractivity contribution >= 4 is 51.3 Å². The molecule has 1 saturated heterocycles. The van der Waals surface area contributed by atoms with E-state index in [1.807, 2.05) is 0 Å². The summed E-state index contributed by atoms with van der Waals surface area (Å²) in [6, 6.07) is 5.37. The standard InChI is InChI=1S/C13H12BrN3O3S/c1-8(18)16-7-12(19)17(13(16)21)15-6-9-3-4-11(20-2)10(14)5-9/h3-6H,7H2,1-2H3/b15-6+. The van der Waals surface area contributed by atoms with Gasteiger partial charge in [0, 0.05) is 6.92 Å². The van der Waals surface area contributed by atoms with Gasteiger partial charge >= 0.3 is 0 Å². The van der Waals surface area contributed by atoms with E-state index in [1.54, 1.807) is 25.3 Å². The molecule has 0 aromatic heterocycles. The summed E-state index contributed by atoms with van der Waals surface area (Å²) in [6.07, 6.45) is 1.50. The van der Waals surface area contributed by atoms with E-state index in [0.717, 1.165) is 15.0 Å². The lowest BCUT2D eigenvalue weighted by molar-refractivity contribution is -0.129. The summed E-state index contributed by atoms with van der Waals surface area (Å²) in [5.74, 6) is 0.0833. The van der Waals surface area contributed by atoms with Gasteiger partial charge in [0.2, 0.25) is 11.0 Å². The molecule has 0 atom stereocenters. The fourth-order valence-corrected chi connectivity index (χ4v) is 2.64. The van der Waals surface area contributed by atoms with Crippen LogP contribution in [0.25, 0.3) is 0 Å². The zero-order valence-corrected chi connectivity index (χ0v) is 13.8. The lowest BCUT2D eigenvalue weighted by atomic mass is 10.2.